The summed E-state index contributed by atoms with van der Waals surface area (Å²) in [6, 6.07) is 12.2. The van der Waals surface area contributed by atoms with E-state index < -0.39 is 5.97 Å². The molecular weight excluding hydrogens is 354 g/mol. The van der Waals surface area contributed by atoms with Gasteiger partial charge in [0.05, 0.1) is 12.0 Å². The van der Waals surface area contributed by atoms with Crippen molar-refractivity contribution in [2.45, 2.75) is 47.0 Å². The van der Waals surface area contributed by atoms with Crippen molar-refractivity contribution in [1.29, 1.82) is 0 Å². The Labute approximate surface area is 166 Å². The molecular formula is C23H29NO4. The lowest BCUT2D eigenvalue weighted by Gasteiger charge is -2.37. The molecule has 1 N–H and O–H groups in total. The normalized spacial score (nSPS) is 14.8. The van der Waals surface area contributed by atoms with Gasteiger partial charge in [-0.3, -0.25) is 9.69 Å². The van der Waals surface area contributed by atoms with Crippen LogP contribution in [0.1, 0.15) is 36.1 Å². The van der Waals surface area contributed by atoms with Gasteiger partial charge < -0.3 is 14.6 Å². The highest BCUT2D eigenvalue weighted by Gasteiger charge is 2.32. The molecule has 0 saturated carbocycles. The second kappa shape index (κ2) is 8.65. The summed E-state index contributed by atoms with van der Waals surface area (Å²) in [4.78, 5) is 13.1. The first kappa shape index (κ1) is 20.2. The van der Waals surface area contributed by atoms with E-state index in [1.54, 1.807) is 0 Å². The van der Waals surface area contributed by atoms with Gasteiger partial charge in [0.25, 0.3) is 0 Å². The second-order valence-electron chi connectivity index (χ2n) is 7.87. The monoisotopic (exact) mass is 383 g/mol. The minimum absolute atomic E-state index is 0.164. The molecule has 0 aliphatic carbocycles. The fraction of sp³-hybridized carbons (Fsp3) is 0.435. The highest BCUT2D eigenvalue weighted by molar-refractivity contribution is 5.71. The summed E-state index contributed by atoms with van der Waals surface area (Å²) >= 11 is 0. The van der Waals surface area contributed by atoms with Gasteiger partial charge in [-0.25, -0.2) is 0 Å². The minimum Gasteiger partial charge on any atom is -0.491 e. The molecule has 2 aromatic carbocycles. The standard InChI is InChI=1S/C23H29NO4/c1-15(2)28-21-7-5-18(6-8-21)14-27-22-10-16(3)19(9-17(22)4)11-24-12-20(13-24)23(25)26/h5-10,15,20H,11-14H2,1-4H3,(H,25,26). The Bertz CT molecular complexity index is 823. The maximum Gasteiger partial charge on any atom is 0.309 e. The number of rotatable bonds is 8. The van der Waals surface area contributed by atoms with E-state index in [0.717, 1.165) is 29.2 Å². The first-order chi connectivity index (χ1) is 13.3. The average Bonchev–Trinajstić information content (AvgIpc) is 2.59. The van der Waals surface area contributed by atoms with Crippen LogP contribution >= 0.6 is 0 Å². The summed E-state index contributed by atoms with van der Waals surface area (Å²) in [6.45, 7) is 10.7. The van der Waals surface area contributed by atoms with Crippen molar-refractivity contribution < 1.29 is 19.4 Å². The molecule has 0 aromatic heterocycles. The Balaban J connectivity index is 1.57. The van der Waals surface area contributed by atoms with Gasteiger partial charge in [-0.2, -0.15) is 0 Å². The summed E-state index contributed by atoms with van der Waals surface area (Å²) in [7, 11) is 0. The molecule has 5 nitrogen and oxygen atoms in total. The molecule has 0 atom stereocenters. The Morgan fingerprint density at radius 3 is 2.43 bits per heavy atom. The quantitative estimate of drug-likeness (QED) is 0.741. The molecule has 5 heteroatoms. The number of aryl methyl sites for hydroxylation is 2. The topological polar surface area (TPSA) is 59.0 Å². The molecule has 3 rings (SSSR count). The molecule has 0 radical (unpaired) electrons. The summed E-state index contributed by atoms with van der Waals surface area (Å²) in [5, 5.41) is 9.01. The molecule has 1 aliphatic heterocycles. The van der Waals surface area contributed by atoms with Crippen LogP contribution in [0.5, 0.6) is 11.5 Å². The second-order valence-corrected chi connectivity index (χ2v) is 7.87. The van der Waals surface area contributed by atoms with Gasteiger partial charge in [0.15, 0.2) is 0 Å². The average molecular weight is 383 g/mol. The van der Waals surface area contributed by atoms with Crippen LogP contribution in [-0.4, -0.2) is 35.2 Å². The molecule has 1 heterocycles. The van der Waals surface area contributed by atoms with Gasteiger partial charge in [-0.15, -0.1) is 0 Å². The van der Waals surface area contributed by atoms with Crippen LogP contribution in [0.2, 0.25) is 0 Å². The van der Waals surface area contributed by atoms with Crippen LogP contribution in [0.25, 0.3) is 0 Å². The van der Waals surface area contributed by atoms with Crippen LogP contribution < -0.4 is 9.47 Å². The number of carbonyl (C=O) groups is 1. The zero-order chi connectivity index (χ0) is 20.3. The maximum atomic E-state index is 10.9. The smallest absolute Gasteiger partial charge is 0.309 e. The molecule has 0 spiro atoms. The Kier molecular flexibility index (Phi) is 6.25. The molecule has 1 aliphatic rings. The van der Waals surface area contributed by atoms with E-state index in [-0.39, 0.29) is 12.0 Å². The van der Waals surface area contributed by atoms with Gasteiger partial charge in [-0.1, -0.05) is 18.2 Å². The Hall–Kier alpha value is -2.53. The maximum absolute atomic E-state index is 10.9. The third-order valence-corrected chi connectivity index (χ3v) is 5.02. The van der Waals surface area contributed by atoms with Gasteiger partial charge >= 0.3 is 5.97 Å². The van der Waals surface area contributed by atoms with Gasteiger partial charge in [0.1, 0.15) is 18.1 Å². The van der Waals surface area contributed by atoms with Crippen molar-refractivity contribution in [1.82, 2.24) is 4.90 Å². The van der Waals surface area contributed by atoms with Gasteiger partial charge in [0.2, 0.25) is 0 Å². The van der Waals surface area contributed by atoms with Crippen molar-refractivity contribution in [2.75, 3.05) is 13.1 Å². The summed E-state index contributed by atoms with van der Waals surface area (Å²) in [6.07, 6.45) is 0.164. The van der Waals surface area contributed by atoms with E-state index in [0.29, 0.717) is 19.7 Å². The van der Waals surface area contributed by atoms with E-state index in [1.165, 1.54) is 11.1 Å². The third kappa shape index (κ3) is 5.04. The number of likely N-dealkylation sites (tertiary alicyclic amines) is 1. The van der Waals surface area contributed by atoms with Crippen molar-refractivity contribution in [3.05, 3.63) is 58.7 Å². The van der Waals surface area contributed by atoms with Crippen molar-refractivity contribution in [2.24, 2.45) is 5.92 Å². The van der Waals surface area contributed by atoms with E-state index in [1.807, 2.05) is 45.0 Å². The number of aliphatic carboxylic acids is 1. The molecule has 0 bridgehead atoms. The SMILES string of the molecule is Cc1cc(OCc2ccc(OC(C)C)cc2)c(C)cc1CN1CC(C(=O)O)C1. The Morgan fingerprint density at radius 2 is 1.82 bits per heavy atom. The van der Waals surface area contributed by atoms with Crippen molar-refractivity contribution in [3.63, 3.8) is 0 Å². The number of hydrogen-bond acceptors (Lipinski definition) is 4. The molecule has 1 fully saturated rings. The lowest BCUT2D eigenvalue weighted by Crippen LogP contribution is -2.49. The van der Waals surface area contributed by atoms with E-state index >= 15 is 0 Å². The van der Waals surface area contributed by atoms with E-state index in [4.69, 9.17) is 14.6 Å². The molecule has 28 heavy (non-hydrogen) atoms. The van der Waals surface area contributed by atoms with Crippen LogP contribution in [0.15, 0.2) is 36.4 Å². The summed E-state index contributed by atoms with van der Waals surface area (Å²) < 4.78 is 11.7. The number of benzene rings is 2. The predicted octanol–water partition coefficient (Wildman–Crippen LogP) is 4.19. The first-order valence-corrected chi connectivity index (χ1v) is 9.75. The number of hydrogen-bond donors (Lipinski definition) is 1. The largest absolute Gasteiger partial charge is 0.491 e. The molecule has 0 amide bonds. The number of ether oxygens (including phenoxy) is 2. The molecule has 2 aromatic rings. The zero-order valence-electron chi connectivity index (χ0n) is 17.1. The summed E-state index contributed by atoms with van der Waals surface area (Å²) in [5.74, 6) is 0.833. The first-order valence-electron chi connectivity index (χ1n) is 9.75. The lowest BCUT2D eigenvalue weighted by molar-refractivity contribution is -0.147. The fourth-order valence-electron chi connectivity index (χ4n) is 3.37. The van der Waals surface area contributed by atoms with Crippen molar-refractivity contribution in [3.8, 4) is 11.5 Å². The number of carboxylic acids is 1. The van der Waals surface area contributed by atoms with Crippen LogP contribution in [-0.2, 0) is 17.9 Å². The van der Waals surface area contributed by atoms with Gasteiger partial charge in [-0.05, 0) is 68.1 Å². The lowest BCUT2D eigenvalue weighted by atomic mass is 9.97. The predicted molar refractivity (Wildman–Crippen MR) is 109 cm³/mol. The highest BCUT2D eigenvalue weighted by Crippen LogP contribution is 2.27. The van der Waals surface area contributed by atoms with E-state index in [9.17, 15) is 4.79 Å². The fourth-order valence-corrected chi connectivity index (χ4v) is 3.37. The molecule has 1 saturated heterocycles. The number of nitrogens with zero attached hydrogens (tertiary/aromatic N) is 1. The molecule has 150 valence electrons. The summed E-state index contributed by atoms with van der Waals surface area (Å²) in [5.41, 5.74) is 4.58. The van der Waals surface area contributed by atoms with E-state index in [2.05, 4.69) is 24.0 Å². The highest BCUT2D eigenvalue weighted by atomic mass is 16.5. The number of carboxylic acid groups (broad SMARTS) is 1. The Morgan fingerprint density at radius 1 is 1.14 bits per heavy atom. The van der Waals surface area contributed by atoms with Crippen LogP contribution in [0, 0.1) is 19.8 Å². The van der Waals surface area contributed by atoms with Crippen LogP contribution in [0.4, 0.5) is 0 Å². The zero-order valence-corrected chi connectivity index (χ0v) is 17.1. The van der Waals surface area contributed by atoms with Gasteiger partial charge in [0, 0.05) is 19.6 Å². The van der Waals surface area contributed by atoms with Crippen molar-refractivity contribution >= 4 is 5.97 Å². The molecule has 0 unspecified atom stereocenters. The third-order valence-electron chi connectivity index (χ3n) is 5.02. The van der Waals surface area contributed by atoms with Crippen LogP contribution in [0.3, 0.4) is 0 Å². The minimum atomic E-state index is -0.697.